The van der Waals surface area contributed by atoms with E-state index < -0.39 is 10.0 Å². The van der Waals surface area contributed by atoms with Crippen molar-refractivity contribution >= 4 is 50.4 Å². The highest BCUT2D eigenvalue weighted by atomic mass is 35.5. The molecule has 2 N–H and O–H groups in total. The first kappa shape index (κ1) is 21.9. The van der Waals surface area contributed by atoms with E-state index in [9.17, 15) is 13.2 Å². The van der Waals surface area contributed by atoms with Crippen molar-refractivity contribution in [3.63, 3.8) is 0 Å². The summed E-state index contributed by atoms with van der Waals surface area (Å²) >= 11 is 11.8. The second kappa shape index (κ2) is 9.34. The van der Waals surface area contributed by atoms with Crippen LogP contribution in [-0.4, -0.2) is 14.2 Å². The number of rotatable bonds is 7. The molecule has 0 saturated carbocycles. The van der Waals surface area contributed by atoms with Crippen molar-refractivity contribution in [2.24, 2.45) is 0 Å². The number of benzene rings is 3. The van der Waals surface area contributed by atoms with Gasteiger partial charge in [0.05, 0.1) is 26.3 Å². The first-order valence-electron chi connectivity index (χ1n) is 8.87. The number of aryl methyl sites for hydroxylation is 1. The summed E-state index contributed by atoms with van der Waals surface area (Å²) in [6, 6.07) is 17.9. The number of hydrogen-bond donors (Lipinski definition) is 2. The largest absolute Gasteiger partial charge is 0.360 e. The van der Waals surface area contributed by atoms with Gasteiger partial charge >= 0.3 is 0 Å². The predicted octanol–water partition coefficient (Wildman–Crippen LogP) is 5.91. The Morgan fingerprint density at radius 3 is 2.23 bits per heavy atom. The number of carbonyl (C=O) groups excluding carboxylic acids is 1. The van der Waals surface area contributed by atoms with Crippen LogP contribution in [0.2, 0.25) is 10.0 Å². The maximum atomic E-state index is 12.7. The molecule has 0 spiro atoms. The molecule has 0 heterocycles. The van der Waals surface area contributed by atoms with Crippen molar-refractivity contribution in [2.75, 3.05) is 10.0 Å². The van der Waals surface area contributed by atoms with E-state index in [1.54, 1.807) is 60.7 Å². The van der Waals surface area contributed by atoms with Gasteiger partial charge in [-0.15, -0.1) is 0 Å². The molecule has 8 heteroatoms. The molecule has 0 radical (unpaired) electrons. The molecule has 3 aromatic carbocycles. The van der Waals surface area contributed by atoms with Crippen LogP contribution >= 0.6 is 23.2 Å². The van der Waals surface area contributed by atoms with Crippen LogP contribution in [0.5, 0.6) is 0 Å². The fourth-order valence-corrected chi connectivity index (χ4v) is 3.95. The highest BCUT2D eigenvalue weighted by Crippen LogP contribution is 2.25. The van der Waals surface area contributed by atoms with Gasteiger partial charge in [0.25, 0.3) is 10.0 Å². The molecule has 0 amide bonds. The van der Waals surface area contributed by atoms with Gasteiger partial charge in [0.15, 0.2) is 5.78 Å². The number of anilines is 2. The van der Waals surface area contributed by atoms with Gasteiger partial charge < -0.3 is 5.32 Å². The molecule has 0 aliphatic rings. The minimum absolute atomic E-state index is 0.160. The average Bonchev–Trinajstić information content (AvgIpc) is 2.71. The minimum atomic E-state index is -3.75. The third-order valence-electron chi connectivity index (χ3n) is 4.18. The lowest BCUT2D eigenvalue weighted by atomic mass is 10.1. The summed E-state index contributed by atoms with van der Waals surface area (Å²) in [6.45, 7) is 1.88. The van der Waals surface area contributed by atoms with E-state index in [1.807, 2.05) is 6.92 Å². The standard InChI is InChI=1S/C22H18Cl2N2O3S/c1-15-6-9-17(10-7-15)30(28,29)26-21-5-3-2-4-20(21)25-13-12-22(27)16-8-11-18(23)19(24)14-16/h2-14,25-26H,1H3/b13-12-. The topological polar surface area (TPSA) is 75.3 Å². The summed E-state index contributed by atoms with van der Waals surface area (Å²) in [5.41, 5.74) is 2.19. The van der Waals surface area contributed by atoms with Crippen LogP contribution in [0.1, 0.15) is 15.9 Å². The van der Waals surface area contributed by atoms with Gasteiger partial charge in [-0.3, -0.25) is 9.52 Å². The molecule has 30 heavy (non-hydrogen) atoms. The first-order valence-corrected chi connectivity index (χ1v) is 11.1. The summed E-state index contributed by atoms with van der Waals surface area (Å²) in [4.78, 5) is 12.4. The number of sulfonamides is 1. The quantitative estimate of drug-likeness (QED) is 0.339. The molecule has 0 atom stereocenters. The number of nitrogens with one attached hydrogen (secondary N) is 2. The zero-order chi connectivity index (χ0) is 21.7. The van der Waals surface area contributed by atoms with Crippen LogP contribution in [0.4, 0.5) is 11.4 Å². The molecule has 0 fully saturated rings. The van der Waals surface area contributed by atoms with Crippen molar-refractivity contribution in [3.05, 3.63) is 100 Å². The number of para-hydroxylation sites is 2. The van der Waals surface area contributed by atoms with Crippen LogP contribution < -0.4 is 10.0 Å². The molecule has 0 aromatic heterocycles. The Labute approximate surface area is 185 Å². The molecule has 0 bridgehead atoms. The predicted molar refractivity (Wildman–Crippen MR) is 122 cm³/mol. The Bertz CT molecular complexity index is 1210. The van der Waals surface area contributed by atoms with Gasteiger partial charge in [-0.25, -0.2) is 8.42 Å². The Morgan fingerprint density at radius 2 is 1.57 bits per heavy atom. The molecular formula is C22H18Cl2N2O3S. The second-order valence-corrected chi connectivity index (χ2v) is 8.93. The number of halogens is 2. The Kier molecular flexibility index (Phi) is 6.82. The fraction of sp³-hybridized carbons (Fsp3) is 0.0455. The van der Waals surface area contributed by atoms with E-state index in [0.717, 1.165) is 5.56 Å². The molecular weight excluding hydrogens is 443 g/mol. The third-order valence-corrected chi connectivity index (χ3v) is 6.30. The number of ketones is 1. The van der Waals surface area contributed by atoms with Gasteiger partial charge in [-0.2, -0.15) is 0 Å². The van der Waals surface area contributed by atoms with Crippen LogP contribution in [0.15, 0.2) is 83.9 Å². The van der Waals surface area contributed by atoms with Crippen molar-refractivity contribution in [2.45, 2.75) is 11.8 Å². The van der Waals surface area contributed by atoms with E-state index in [2.05, 4.69) is 10.0 Å². The monoisotopic (exact) mass is 460 g/mol. The van der Waals surface area contributed by atoms with Crippen molar-refractivity contribution in [3.8, 4) is 0 Å². The lowest BCUT2D eigenvalue weighted by molar-refractivity contribution is 0.104. The van der Waals surface area contributed by atoms with Crippen molar-refractivity contribution < 1.29 is 13.2 Å². The van der Waals surface area contributed by atoms with Crippen LogP contribution in [0, 0.1) is 6.92 Å². The Morgan fingerprint density at radius 1 is 0.900 bits per heavy atom. The lowest BCUT2D eigenvalue weighted by Crippen LogP contribution is -2.14. The van der Waals surface area contributed by atoms with E-state index in [0.29, 0.717) is 27.0 Å². The Balaban J connectivity index is 1.75. The number of hydrogen-bond acceptors (Lipinski definition) is 4. The zero-order valence-electron chi connectivity index (χ0n) is 15.9. The summed E-state index contributed by atoms with van der Waals surface area (Å²) in [5.74, 6) is -0.279. The maximum absolute atomic E-state index is 12.7. The van der Waals surface area contributed by atoms with E-state index in [-0.39, 0.29) is 10.7 Å². The van der Waals surface area contributed by atoms with Crippen LogP contribution in [0.25, 0.3) is 0 Å². The first-order chi connectivity index (χ1) is 14.3. The highest BCUT2D eigenvalue weighted by molar-refractivity contribution is 7.92. The molecule has 3 rings (SSSR count). The summed E-state index contributed by atoms with van der Waals surface area (Å²) in [7, 11) is -3.75. The average molecular weight is 461 g/mol. The van der Waals surface area contributed by atoms with Crippen molar-refractivity contribution in [1.29, 1.82) is 0 Å². The molecule has 0 saturated heterocycles. The van der Waals surface area contributed by atoms with Gasteiger partial charge in [-0.1, -0.05) is 53.0 Å². The van der Waals surface area contributed by atoms with E-state index >= 15 is 0 Å². The lowest BCUT2D eigenvalue weighted by Gasteiger charge is -2.12. The number of carbonyl (C=O) groups is 1. The summed E-state index contributed by atoms with van der Waals surface area (Å²) in [5, 5.41) is 3.59. The molecule has 0 aliphatic carbocycles. The van der Waals surface area contributed by atoms with E-state index in [1.165, 1.54) is 18.3 Å². The van der Waals surface area contributed by atoms with Crippen LogP contribution in [0.3, 0.4) is 0 Å². The molecule has 0 unspecified atom stereocenters. The summed E-state index contributed by atoms with van der Waals surface area (Å²) < 4.78 is 27.9. The SMILES string of the molecule is Cc1ccc(S(=O)(=O)Nc2ccccc2N/C=C\C(=O)c2ccc(Cl)c(Cl)c2)cc1. The number of allylic oxidation sites excluding steroid dienone is 1. The second-order valence-electron chi connectivity index (χ2n) is 6.43. The third kappa shape index (κ3) is 5.42. The molecule has 3 aromatic rings. The Hall–Kier alpha value is -2.80. The molecule has 0 aliphatic heterocycles. The van der Waals surface area contributed by atoms with Crippen molar-refractivity contribution in [1.82, 2.24) is 0 Å². The molecule has 5 nitrogen and oxygen atoms in total. The molecule has 154 valence electrons. The zero-order valence-corrected chi connectivity index (χ0v) is 18.2. The van der Waals surface area contributed by atoms with Gasteiger partial charge in [0, 0.05) is 17.8 Å². The highest BCUT2D eigenvalue weighted by Gasteiger charge is 2.15. The maximum Gasteiger partial charge on any atom is 0.261 e. The van der Waals surface area contributed by atoms with Gasteiger partial charge in [0.1, 0.15) is 0 Å². The summed E-state index contributed by atoms with van der Waals surface area (Å²) in [6.07, 6.45) is 2.76. The fourth-order valence-electron chi connectivity index (χ4n) is 2.57. The van der Waals surface area contributed by atoms with Crippen LogP contribution in [-0.2, 0) is 10.0 Å². The van der Waals surface area contributed by atoms with E-state index in [4.69, 9.17) is 23.2 Å². The van der Waals surface area contributed by atoms with Gasteiger partial charge in [0.2, 0.25) is 0 Å². The van der Waals surface area contributed by atoms with Gasteiger partial charge in [-0.05, 0) is 49.4 Å². The minimum Gasteiger partial charge on any atom is -0.360 e. The normalized spacial score (nSPS) is 11.4. The smallest absolute Gasteiger partial charge is 0.261 e.